The van der Waals surface area contributed by atoms with Gasteiger partial charge in [-0.15, -0.1) is 0 Å². The fraction of sp³-hybridized carbons (Fsp3) is 0.750. The van der Waals surface area contributed by atoms with Crippen molar-refractivity contribution < 1.29 is 4.79 Å². The second-order valence-corrected chi connectivity index (χ2v) is 5.05. The third kappa shape index (κ3) is 3.33. The quantitative estimate of drug-likeness (QED) is 0.481. The molecule has 0 fully saturated rings. The topological polar surface area (TPSA) is 17.1 Å². The normalized spacial score (nSPS) is 23.5. The van der Waals surface area contributed by atoms with E-state index >= 15 is 0 Å². The Kier molecular flexibility index (Phi) is 3.29. The minimum atomic E-state index is 0.201. The molecule has 0 aromatic carbocycles. The van der Waals surface area contributed by atoms with Gasteiger partial charge in [0.05, 0.1) is 0 Å². The standard InChI is InChI=1S/C12H20O/c1-10(9-13)8-11-4-6-12(2,3)7-5-11/h4,9-10H,5-8H2,1-3H3. The molecule has 0 bridgehead atoms. The first kappa shape index (κ1) is 10.5. The van der Waals surface area contributed by atoms with Gasteiger partial charge in [0.25, 0.3) is 0 Å². The van der Waals surface area contributed by atoms with Crippen molar-refractivity contribution in [3.8, 4) is 0 Å². The van der Waals surface area contributed by atoms with Crippen LogP contribution in [-0.4, -0.2) is 6.29 Å². The van der Waals surface area contributed by atoms with Gasteiger partial charge in [0.15, 0.2) is 0 Å². The lowest BCUT2D eigenvalue weighted by Crippen LogP contribution is -2.15. The maximum Gasteiger partial charge on any atom is 0.123 e. The highest BCUT2D eigenvalue weighted by Gasteiger charge is 2.21. The van der Waals surface area contributed by atoms with Crippen LogP contribution in [0.2, 0.25) is 0 Å². The van der Waals surface area contributed by atoms with E-state index in [1.807, 2.05) is 6.92 Å². The van der Waals surface area contributed by atoms with Gasteiger partial charge >= 0.3 is 0 Å². The molecule has 1 aliphatic rings. The summed E-state index contributed by atoms with van der Waals surface area (Å²) in [7, 11) is 0. The number of hydrogen-bond donors (Lipinski definition) is 0. The summed E-state index contributed by atoms with van der Waals surface area (Å²) in [6, 6.07) is 0. The van der Waals surface area contributed by atoms with Crippen molar-refractivity contribution in [3.05, 3.63) is 11.6 Å². The molecule has 74 valence electrons. The predicted molar refractivity (Wildman–Crippen MR) is 55.6 cm³/mol. The maximum atomic E-state index is 10.5. The van der Waals surface area contributed by atoms with Crippen molar-refractivity contribution in [2.24, 2.45) is 11.3 Å². The molecule has 1 unspecified atom stereocenters. The predicted octanol–water partition coefficient (Wildman–Crippen LogP) is 3.35. The summed E-state index contributed by atoms with van der Waals surface area (Å²) in [5.41, 5.74) is 1.97. The molecular formula is C12H20O. The van der Waals surface area contributed by atoms with E-state index in [-0.39, 0.29) is 5.92 Å². The van der Waals surface area contributed by atoms with Crippen LogP contribution < -0.4 is 0 Å². The summed E-state index contributed by atoms with van der Waals surface area (Å²) in [5, 5.41) is 0. The van der Waals surface area contributed by atoms with Crippen molar-refractivity contribution in [1.82, 2.24) is 0 Å². The Balaban J connectivity index is 2.46. The summed E-state index contributed by atoms with van der Waals surface area (Å²) in [5.74, 6) is 0.201. The van der Waals surface area contributed by atoms with E-state index in [9.17, 15) is 4.79 Å². The third-order valence-electron chi connectivity index (χ3n) is 2.88. The molecule has 0 saturated carbocycles. The third-order valence-corrected chi connectivity index (χ3v) is 2.88. The minimum Gasteiger partial charge on any atom is -0.303 e. The van der Waals surface area contributed by atoms with E-state index in [1.165, 1.54) is 24.8 Å². The van der Waals surface area contributed by atoms with Gasteiger partial charge < -0.3 is 4.79 Å². The molecule has 0 spiro atoms. The highest BCUT2D eigenvalue weighted by atomic mass is 16.1. The molecule has 0 N–H and O–H groups in total. The molecule has 0 aromatic rings. The van der Waals surface area contributed by atoms with Crippen LogP contribution in [0.15, 0.2) is 11.6 Å². The molecule has 1 atom stereocenters. The van der Waals surface area contributed by atoms with E-state index in [2.05, 4.69) is 19.9 Å². The minimum absolute atomic E-state index is 0.201. The fourth-order valence-electron chi connectivity index (χ4n) is 1.77. The van der Waals surface area contributed by atoms with Crippen LogP contribution in [0.25, 0.3) is 0 Å². The van der Waals surface area contributed by atoms with E-state index in [0.29, 0.717) is 5.41 Å². The largest absolute Gasteiger partial charge is 0.303 e. The van der Waals surface area contributed by atoms with Gasteiger partial charge in [-0.25, -0.2) is 0 Å². The zero-order valence-electron chi connectivity index (χ0n) is 8.97. The Morgan fingerprint density at radius 3 is 2.77 bits per heavy atom. The number of hydrogen-bond acceptors (Lipinski definition) is 1. The highest BCUT2D eigenvalue weighted by molar-refractivity contribution is 5.53. The summed E-state index contributed by atoms with van der Waals surface area (Å²) >= 11 is 0. The molecule has 0 amide bonds. The second-order valence-electron chi connectivity index (χ2n) is 5.05. The number of rotatable bonds is 3. The fourth-order valence-corrected chi connectivity index (χ4v) is 1.77. The van der Waals surface area contributed by atoms with Crippen molar-refractivity contribution in [3.63, 3.8) is 0 Å². The van der Waals surface area contributed by atoms with Gasteiger partial charge in [-0.2, -0.15) is 0 Å². The van der Waals surface area contributed by atoms with Crippen LogP contribution in [0.1, 0.15) is 46.5 Å². The Morgan fingerprint density at radius 1 is 1.62 bits per heavy atom. The molecule has 1 rings (SSSR count). The van der Waals surface area contributed by atoms with Gasteiger partial charge in [-0.05, 0) is 31.1 Å². The smallest absolute Gasteiger partial charge is 0.123 e. The Labute approximate surface area is 81.2 Å². The van der Waals surface area contributed by atoms with Gasteiger partial charge in [0, 0.05) is 5.92 Å². The van der Waals surface area contributed by atoms with Crippen LogP contribution >= 0.6 is 0 Å². The van der Waals surface area contributed by atoms with Gasteiger partial charge in [-0.3, -0.25) is 0 Å². The average molecular weight is 180 g/mol. The lowest BCUT2D eigenvalue weighted by atomic mass is 9.77. The molecule has 1 heteroatoms. The summed E-state index contributed by atoms with van der Waals surface area (Å²) < 4.78 is 0. The SMILES string of the molecule is CC(C=O)CC1=CCC(C)(C)CC1. The summed E-state index contributed by atoms with van der Waals surface area (Å²) in [6.07, 6.45) is 7.99. The average Bonchev–Trinajstić information content (AvgIpc) is 2.08. The van der Waals surface area contributed by atoms with Crippen molar-refractivity contribution in [2.75, 3.05) is 0 Å². The molecule has 0 radical (unpaired) electrons. The summed E-state index contributed by atoms with van der Waals surface area (Å²) in [4.78, 5) is 10.5. The Hall–Kier alpha value is -0.590. The van der Waals surface area contributed by atoms with Crippen LogP contribution in [0.5, 0.6) is 0 Å². The zero-order valence-corrected chi connectivity index (χ0v) is 8.97. The molecule has 1 nitrogen and oxygen atoms in total. The highest BCUT2D eigenvalue weighted by Crippen LogP contribution is 2.35. The van der Waals surface area contributed by atoms with E-state index < -0.39 is 0 Å². The van der Waals surface area contributed by atoms with Crippen molar-refractivity contribution >= 4 is 6.29 Å². The molecular weight excluding hydrogens is 160 g/mol. The van der Waals surface area contributed by atoms with Crippen LogP contribution in [0, 0.1) is 11.3 Å². The molecule has 0 aliphatic heterocycles. The Morgan fingerprint density at radius 2 is 2.31 bits per heavy atom. The summed E-state index contributed by atoms with van der Waals surface area (Å²) in [6.45, 7) is 6.61. The Bertz CT molecular complexity index is 213. The number of carbonyl (C=O) groups is 1. The van der Waals surface area contributed by atoms with Gasteiger partial charge in [0.1, 0.15) is 6.29 Å². The molecule has 0 saturated heterocycles. The van der Waals surface area contributed by atoms with Crippen LogP contribution in [0.3, 0.4) is 0 Å². The van der Waals surface area contributed by atoms with Crippen molar-refractivity contribution in [1.29, 1.82) is 0 Å². The van der Waals surface area contributed by atoms with E-state index in [0.717, 1.165) is 12.7 Å². The zero-order chi connectivity index (χ0) is 9.90. The first-order valence-electron chi connectivity index (χ1n) is 5.17. The molecule has 0 heterocycles. The molecule has 1 aliphatic carbocycles. The molecule has 13 heavy (non-hydrogen) atoms. The van der Waals surface area contributed by atoms with Crippen molar-refractivity contribution in [2.45, 2.75) is 46.5 Å². The lowest BCUT2D eigenvalue weighted by Gasteiger charge is -2.29. The number of allylic oxidation sites excluding steroid dienone is 2. The van der Waals surface area contributed by atoms with Crippen LogP contribution in [-0.2, 0) is 4.79 Å². The first-order valence-corrected chi connectivity index (χ1v) is 5.17. The second kappa shape index (κ2) is 4.08. The van der Waals surface area contributed by atoms with Gasteiger partial charge in [0.2, 0.25) is 0 Å². The monoisotopic (exact) mass is 180 g/mol. The maximum absolute atomic E-state index is 10.5. The van der Waals surface area contributed by atoms with E-state index in [1.54, 1.807) is 0 Å². The lowest BCUT2D eigenvalue weighted by molar-refractivity contribution is -0.110. The number of aldehydes is 1. The van der Waals surface area contributed by atoms with Crippen LogP contribution in [0.4, 0.5) is 0 Å². The molecule has 0 aromatic heterocycles. The van der Waals surface area contributed by atoms with Gasteiger partial charge in [-0.1, -0.05) is 32.4 Å². The van der Waals surface area contributed by atoms with E-state index in [4.69, 9.17) is 0 Å². The number of carbonyl (C=O) groups excluding carboxylic acids is 1. The first-order chi connectivity index (χ1) is 6.03.